The van der Waals surface area contributed by atoms with E-state index in [0.717, 1.165) is 37.3 Å². The van der Waals surface area contributed by atoms with E-state index >= 15 is 26.3 Å². The van der Waals surface area contributed by atoms with Gasteiger partial charge >= 0.3 is 30.9 Å². The number of halogens is 15. The molecule has 55 heavy (non-hydrogen) atoms. The topological polar surface area (TPSA) is 120 Å². The van der Waals surface area contributed by atoms with E-state index in [1.165, 1.54) is 0 Å². The lowest BCUT2D eigenvalue weighted by molar-refractivity contribution is -0.143. The van der Waals surface area contributed by atoms with Crippen LogP contribution in [0.4, 0.5) is 77.2 Å². The van der Waals surface area contributed by atoms with Crippen LogP contribution in [0.15, 0.2) is 57.5 Å². The summed E-state index contributed by atoms with van der Waals surface area (Å²) in [7, 11) is 0. The van der Waals surface area contributed by atoms with Gasteiger partial charge in [0, 0.05) is 33.4 Å². The molecule has 0 bridgehead atoms. The van der Waals surface area contributed by atoms with E-state index in [0.29, 0.717) is 12.1 Å². The number of hydrogen-bond donors (Lipinski definition) is 0. The van der Waals surface area contributed by atoms with Crippen LogP contribution in [0.2, 0.25) is 0 Å². The van der Waals surface area contributed by atoms with E-state index < -0.39 is 132 Å². The first-order chi connectivity index (χ1) is 25.2. The first-order valence-corrected chi connectivity index (χ1v) is 14.3. The molecule has 0 saturated heterocycles. The molecule has 0 saturated carbocycles. The van der Waals surface area contributed by atoms with E-state index in [9.17, 15) is 60.6 Å². The predicted molar refractivity (Wildman–Crippen MR) is 158 cm³/mol. The smallest absolute Gasteiger partial charge is 0.246 e. The lowest BCUT2D eigenvalue weighted by Gasteiger charge is -2.22. The molecule has 0 amide bonds. The lowest BCUT2D eigenvalue weighted by Crippen LogP contribution is -2.18. The second-order valence-corrected chi connectivity index (χ2v) is 11.4. The first kappa shape index (κ1) is 39.6. The summed E-state index contributed by atoms with van der Waals surface area (Å²) in [6, 6.07) is 5.55. The number of rotatable bonds is 2. The van der Waals surface area contributed by atoms with Gasteiger partial charge in [-0.2, -0.15) is 86.9 Å². The van der Waals surface area contributed by atoms with Crippen LogP contribution in [-0.2, 0) is 30.9 Å². The summed E-state index contributed by atoms with van der Waals surface area (Å²) in [6.07, 6.45) is -28.8. The van der Waals surface area contributed by atoms with Gasteiger partial charge < -0.3 is 0 Å². The van der Waals surface area contributed by atoms with Crippen LogP contribution in [0.3, 0.4) is 0 Å². The third-order valence-corrected chi connectivity index (χ3v) is 8.03. The maximum atomic E-state index is 15.3. The van der Waals surface area contributed by atoms with Crippen LogP contribution in [0.5, 0.6) is 0 Å². The van der Waals surface area contributed by atoms with Gasteiger partial charge in [-0.1, -0.05) is 23.8 Å². The lowest BCUT2D eigenvalue weighted by atomic mass is 9.82. The van der Waals surface area contributed by atoms with Gasteiger partial charge in [-0.25, -0.2) is 9.98 Å². The Balaban J connectivity index is 2.10. The van der Waals surface area contributed by atoms with Crippen LogP contribution < -0.4 is 0 Å². The molecule has 3 aromatic carbocycles. The molecule has 0 N–H and O–H groups in total. The molecule has 5 rings (SSSR count). The van der Waals surface area contributed by atoms with Crippen molar-refractivity contribution in [2.75, 3.05) is 0 Å². The summed E-state index contributed by atoms with van der Waals surface area (Å²) < 4.78 is 218. The second-order valence-electron chi connectivity index (χ2n) is 11.4. The van der Waals surface area contributed by atoms with E-state index in [2.05, 4.69) is 9.98 Å². The van der Waals surface area contributed by atoms with E-state index in [1.54, 1.807) is 0 Å². The van der Waals surface area contributed by atoms with Gasteiger partial charge in [0.05, 0.1) is 50.6 Å². The fraction of sp³-hybridized carbons (Fsp3) is 0.176. The monoisotopic (exact) mass is 786 g/mol. The molecule has 0 aromatic heterocycles. The predicted octanol–water partition coefficient (Wildman–Crippen LogP) is 11.0. The van der Waals surface area contributed by atoms with Crippen LogP contribution >= 0.6 is 0 Å². The zero-order chi connectivity index (χ0) is 41.4. The van der Waals surface area contributed by atoms with Crippen LogP contribution in [0, 0.1) is 52.2 Å². The number of allylic oxidation sites excluding steroid dienone is 4. The third kappa shape index (κ3) is 6.63. The van der Waals surface area contributed by atoms with Crippen molar-refractivity contribution in [2.45, 2.75) is 37.8 Å². The number of hydrogen-bond acceptors (Lipinski definition) is 6. The zero-order valence-electron chi connectivity index (χ0n) is 26.3. The minimum Gasteiger partial charge on any atom is -0.246 e. The van der Waals surface area contributed by atoms with Gasteiger partial charge in [-0.15, -0.1) is 0 Å². The van der Waals surface area contributed by atoms with Crippen LogP contribution in [0.25, 0.3) is 11.1 Å². The maximum absolute atomic E-state index is 15.3. The highest BCUT2D eigenvalue weighted by Gasteiger charge is 2.53. The summed E-state index contributed by atoms with van der Waals surface area (Å²) >= 11 is 0. The van der Waals surface area contributed by atoms with Gasteiger partial charge in [0.15, 0.2) is 0 Å². The van der Waals surface area contributed by atoms with E-state index in [1.807, 2.05) is 0 Å². The number of nitrogens with zero attached hydrogens (tertiary/aromatic N) is 6. The first-order valence-electron chi connectivity index (χ1n) is 14.3. The highest BCUT2D eigenvalue weighted by atomic mass is 19.4. The average molecular weight is 786 g/mol. The molecule has 2 aliphatic heterocycles. The maximum Gasteiger partial charge on any atom is 0.419 e. The molecule has 0 radical (unpaired) electrons. The van der Waals surface area contributed by atoms with Crippen molar-refractivity contribution in [3.8, 4) is 24.3 Å². The normalized spacial score (nSPS) is 14.3. The van der Waals surface area contributed by atoms with Crippen LogP contribution in [-0.4, -0.2) is 11.4 Å². The molecule has 2 aliphatic rings. The summed E-state index contributed by atoms with van der Waals surface area (Å²) in [5.74, 6) is 0. The minimum atomic E-state index is -6.04. The quantitative estimate of drug-likeness (QED) is 0.190. The molecule has 6 nitrogen and oxygen atoms in total. The van der Waals surface area contributed by atoms with Crippen molar-refractivity contribution in [3.63, 3.8) is 0 Å². The van der Waals surface area contributed by atoms with Gasteiger partial charge in [0.1, 0.15) is 35.4 Å². The summed E-state index contributed by atoms with van der Waals surface area (Å²) in [4.78, 5) is 6.82. The summed E-state index contributed by atoms with van der Waals surface area (Å²) in [5, 5.41) is 38.8. The molecule has 0 aliphatic carbocycles. The minimum absolute atomic E-state index is 0.0158. The zero-order valence-corrected chi connectivity index (χ0v) is 26.3. The highest BCUT2D eigenvalue weighted by Crippen LogP contribution is 2.61. The highest BCUT2D eigenvalue weighted by molar-refractivity contribution is 6.41. The van der Waals surface area contributed by atoms with Crippen molar-refractivity contribution in [2.24, 2.45) is 9.98 Å². The summed E-state index contributed by atoms with van der Waals surface area (Å²) in [6.45, 7) is 1.14. The molecular weight excluding hydrogens is 777 g/mol. The van der Waals surface area contributed by atoms with Gasteiger partial charge in [0.2, 0.25) is 0 Å². The van der Waals surface area contributed by atoms with Gasteiger partial charge in [-0.3, -0.25) is 0 Å². The molecule has 0 atom stereocenters. The molecule has 0 fully saturated rings. The van der Waals surface area contributed by atoms with Crippen molar-refractivity contribution >= 4 is 33.9 Å². The van der Waals surface area contributed by atoms with Crippen molar-refractivity contribution < 1.29 is 65.9 Å². The standard InChI is InChI=1S/C34H9F15N6/c1-12-2-4-16(18(6-12)31(38,39)40)26-20(13(8-50)9-51)22-24(33(44,45)46)29-23(25(28(22)54-26)34(47,48)49)21(14(10-52)11-53)27(55-29)17-5-3-15(30(35,36)37)7-19(17)32(41,42)43/h2-7H,1H3. The Bertz CT molecular complexity index is 2480. The number of aliphatic imine (C=N–C) groups is 2. The molecule has 2 heterocycles. The molecule has 3 aromatic rings. The third-order valence-electron chi connectivity index (χ3n) is 8.03. The van der Waals surface area contributed by atoms with Gasteiger partial charge in [0.25, 0.3) is 0 Å². The molecule has 0 unspecified atom stereocenters. The number of fused-ring (bicyclic) bond motifs is 2. The Morgan fingerprint density at radius 1 is 0.491 bits per heavy atom. The largest absolute Gasteiger partial charge is 0.419 e. The van der Waals surface area contributed by atoms with Crippen molar-refractivity contribution in [1.82, 2.24) is 0 Å². The second kappa shape index (κ2) is 12.8. The molecule has 280 valence electrons. The SMILES string of the molecule is Cc1ccc(C2=Nc3c(c(C(F)(F)F)c4c(c3C(F)(F)F)C(=C(C#N)C#N)C(c3ccc(C(F)(F)F)cc3C(F)(F)F)=N4)C2=C(C#N)C#N)c(C(F)(F)F)c1. The number of alkyl halides is 15. The van der Waals surface area contributed by atoms with Crippen LogP contribution in [0.1, 0.15) is 55.6 Å². The average Bonchev–Trinajstić information content (AvgIpc) is 3.61. The van der Waals surface area contributed by atoms with Gasteiger partial charge in [-0.05, 0) is 25.1 Å². The fourth-order valence-corrected chi connectivity index (χ4v) is 5.97. The molecule has 21 heteroatoms. The molecular formula is C34H9F15N6. The van der Waals surface area contributed by atoms with Crippen molar-refractivity contribution in [3.05, 3.63) is 103 Å². The Kier molecular flexibility index (Phi) is 9.19. The Morgan fingerprint density at radius 2 is 0.855 bits per heavy atom. The Morgan fingerprint density at radius 3 is 1.18 bits per heavy atom. The number of benzene rings is 3. The van der Waals surface area contributed by atoms with E-state index in [-0.39, 0.29) is 17.7 Å². The number of aryl methyl sites for hydroxylation is 1. The number of nitriles is 4. The fourth-order valence-electron chi connectivity index (χ4n) is 5.97. The Labute approximate surface area is 296 Å². The molecule has 0 spiro atoms. The Hall–Kier alpha value is -6.61. The summed E-state index contributed by atoms with van der Waals surface area (Å²) in [5.41, 5.74) is -31.0. The van der Waals surface area contributed by atoms with Crippen molar-refractivity contribution in [1.29, 1.82) is 21.0 Å². The van der Waals surface area contributed by atoms with E-state index in [4.69, 9.17) is 0 Å².